The lowest BCUT2D eigenvalue weighted by molar-refractivity contribution is -0.142. The Bertz CT molecular complexity index is 1060. The van der Waals surface area contributed by atoms with Gasteiger partial charge in [-0.15, -0.1) is 0 Å². The molecule has 2 atom stereocenters. The van der Waals surface area contributed by atoms with E-state index in [4.69, 9.17) is 4.74 Å². The lowest BCUT2D eigenvalue weighted by Gasteiger charge is -2.34. The van der Waals surface area contributed by atoms with Gasteiger partial charge in [0.05, 0.1) is 0 Å². The lowest BCUT2D eigenvalue weighted by atomic mass is 10.00. The molecule has 4 N–H and O–H groups in total. The van der Waals surface area contributed by atoms with Gasteiger partial charge in [0.15, 0.2) is 0 Å². The van der Waals surface area contributed by atoms with Crippen LogP contribution in [0.15, 0.2) is 48.5 Å². The van der Waals surface area contributed by atoms with Crippen LogP contribution >= 0.6 is 0 Å². The van der Waals surface area contributed by atoms with Crippen LogP contribution in [0.4, 0.5) is 4.79 Å². The molecule has 0 bridgehead atoms. The number of hydrogen-bond donors (Lipinski definition) is 4. The van der Waals surface area contributed by atoms with Crippen LogP contribution in [-0.4, -0.2) is 57.8 Å². The van der Waals surface area contributed by atoms with E-state index < -0.39 is 29.7 Å². The van der Waals surface area contributed by atoms with Crippen molar-refractivity contribution in [3.05, 3.63) is 59.7 Å². The summed E-state index contributed by atoms with van der Waals surface area (Å²) in [5.41, 5.74) is 0.378. The summed E-state index contributed by atoms with van der Waals surface area (Å²) in [5, 5.41) is 25.4. The minimum absolute atomic E-state index is 0.0256. The molecule has 2 unspecified atom stereocenters. The van der Waals surface area contributed by atoms with Crippen molar-refractivity contribution in [2.24, 2.45) is 0 Å². The first-order valence-corrected chi connectivity index (χ1v) is 13.1. The fraction of sp³-hybridized carbons (Fsp3) is 0.483. The van der Waals surface area contributed by atoms with E-state index in [2.05, 4.69) is 17.6 Å². The highest BCUT2D eigenvalue weighted by atomic mass is 16.6. The van der Waals surface area contributed by atoms with Gasteiger partial charge >= 0.3 is 6.09 Å². The van der Waals surface area contributed by atoms with Gasteiger partial charge in [-0.05, 0) is 69.5 Å². The number of unbranched alkanes of at least 4 members (excludes halogenated alkanes) is 2. The third kappa shape index (κ3) is 9.61. The molecule has 0 aliphatic heterocycles. The van der Waals surface area contributed by atoms with Crippen LogP contribution in [0.25, 0.3) is 0 Å². The van der Waals surface area contributed by atoms with Gasteiger partial charge in [-0.2, -0.15) is 0 Å². The van der Waals surface area contributed by atoms with Crippen molar-refractivity contribution in [3.63, 3.8) is 0 Å². The summed E-state index contributed by atoms with van der Waals surface area (Å²) < 4.78 is 5.40. The number of alkyl carbamates (subject to hydrolysis) is 1. The monoisotopic (exact) mass is 527 g/mol. The molecule has 0 spiro atoms. The number of nitrogens with zero attached hydrogens (tertiary/aromatic N) is 1. The molecule has 3 amide bonds. The van der Waals surface area contributed by atoms with Crippen molar-refractivity contribution in [2.45, 2.75) is 78.0 Å². The van der Waals surface area contributed by atoms with Crippen molar-refractivity contribution in [1.82, 2.24) is 15.5 Å². The summed E-state index contributed by atoms with van der Waals surface area (Å²) in [7, 11) is 0. The van der Waals surface area contributed by atoms with Crippen molar-refractivity contribution < 1.29 is 29.3 Å². The average Bonchev–Trinajstić information content (AvgIpc) is 2.84. The molecule has 0 fully saturated rings. The smallest absolute Gasteiger partial charge is 0.408 e. The Hall–Kier alpha value is -3.75. The van der Waals surface area contributed by atoms with E-state index in [9.17, 15) is 24.6 Å². The standard InChI is InChI=1S/C29H41N3O6/c1-6-8-9-17-30-26(35)25(21-11-10-12-23(34)19-21)32(7-2)27(36)24(31-28(37)38-29(3,4)5)18-20-13-15-22(33)16-14-20/h10-16,19,24-25,33-34H,6-9,17-18H2,1-5H3,(H,30,35)(H,31,37). The van der Waals surface area contributed by atoms with E-state index in [1.54, 1.807) is 52.0 Å². The molecule has 2 aromatic rings. The van der Waals surface area contributed by atoms with E-state index in [-0.39, 0.29) is 30.4 Å². The highest BCUT2D eigenvalue weighted by molar-refractivity contribution is 5.92. The van der Waals surface area contributed by atoms with Gasteiger partial charge in [-0.3, -0.25) is 9.59 Å². The maximum Gasteiger partial charge on any atom is 0.408 e. The summed E-state index contributed by atoms with van der Waals surface area (Å²) in [6, 6.07) is 10.5. The minimum Gasteiger partial charge on any atom is -0.508 e. The predicted octanol–water partition coefficient (Wildman–Crippen LogP) is 4.43. The van der Waals surface area contributed by atoms with E-state index in [1.807, 2.05) is 0 Å². The molecule has 38 heavy (non-hydrogen) atoms. The highest BCUT2D eigenvalue weighted by Gasteiger charge is 2.35. The number of aromatic hydroxyl groups is 2. The van der Waals surface area contributed by atoms with Crippen molar-refractivity contribution in [2.75, 3.05) is 13.1 Å². The van der Waals surface area contributed by atoms with Crippen LogP contribution in [0.3, 0.4) is 0 Å². The SMILES string of the molecule is CCCCCNC(=O)C(c1cccc(O)c1)N(CC)C(=O)C(Cc1ccc(O)cc1)NC(=O)OC(C)(C)C. The second-order valence-corrected chi connectivity index (χ2v) is 10.2. The number of amides is 3. The zero-order valence-electron chi connectivity index (χ0n) is 23.0. The van der Waals surface area contributed by atoms with Crippen molar-refractivity contribution in [3.8, 4) is 11.5 Å². The van der Waals surface area contributed by atoms with Gasteiger partial charge < -0.3 is 30.5 Å². The maximum absolute atomic E-state index is 14.0. The van der Waals surface area contributed by atoms with Crippen LogP contribution in [0.2, 0.25) is 0 Å². The normalized spacial score (nSPS) is 12.8. The first-order chi connectivity index (χ1) is 17.9. The molecule has 9 nitrogen and oxygen atoms in total. The van der Waals surface area contributed by atoms with Gasteiger partial charge in [0.2, 0.25) is 11.8 Å². The number of nitrogens with one attached hydrogen (secondary N) is 2. The molecule has 0 heterocycles. The molecule has 0 radical (unpaired) electrons. The molecule has 2 rings (SSSR count). The minimum atomic E-state index is -1.05. The Morgan fingerprint density at radius 1 is 0.974 bits per heavy atom. The summed E-state index contributed by atoms with van der Waals surface area (Å²) in [5.74, 6) is -0.802. The fourth-order valence-electron chi connectivity index (χ4n) is 4.03. The molecule has 0 aliphatic rings. The molecule has 9 heteroatoms. The number of ether oxygens (including phenoxy) is 1. The van der Waals surface area contributed by atoms with Crippen LogP contribution < -0.4 is 10.6 Å². The van der Waals surface area contributed by atoms with Crippen LogP contribution in [0.5, 0.6) is 11.5 Å². The molecule has 0 saturated heterocycles. The number of phenols is 2. The van der Waals surface area contributed by atoms with Crippen LogP contribution in [0, 0.1) is 0 Å². The average molecular weight is 528 g/mol. The molecule has 0 aliphatic carbocycles. The third-order valence-corrected chi connectivity index (χ3v) is 5.81. The Morgan fingerprint density at radius 3 is 2.24 bits per heavy atom. The number of rotatable bonds is 12. The quantitative estimate of drug-likeness (QED) is 0.302. The Kier molecular flexibility index (Phi) is 11.4. The molecular weight excluding hydrogens is 486 g/mol. The summed E-state index contributed by atoms with van der Waals surface area (Å²) in [6.07, 6.45) is 2.12. The number of phenolic OH excluding ortho intramolecular Hbond substituents is 2. The summed E-state index contributed by atoms with van der Waals surface area (Å²) >= 11 is 0. The Labute approximate surface area is 225 Å². The Balaban J connectivity index is 2.42. The van der Waals surface area contributed by atoms with Gasteiger partial charge in [-0.1, -0.05) is 44.0 Å². The molecular formula is C29H41N3O6. The molecule has 2 aromatic carbocycles. The van der Waals surface area contributed by atoms with E-state index in [0.29, 0.717) is 17.7 Å². The topological polar surface area (TPSA) is 128 Å². The van der Waals surface area contributed by atoms with Crippen LogP contribution in [0.1, 0.15) is 71.0 Å². The number of carbonyl (C=O) groups is 3. The first-order valence-electron chi connectivity index (χ1n) is 13.1. The zero-order valence-corrected chi connectivity index (χ0v) is 23.0. The Morgan fingerprint density at radius 2 is 1.66 bits per heavy atom. The second kappa shape index (κ2) is 14.3. The largest absolute Gasteiger partial charge is 0.508 e. The van der Waals surface area contributed by atoms with E-state index >= 15 is 0 Å². The maximum atomic E-state index is 14.0. The lowest BCUT2D eigenvalue weighted by Crippen LogP contribution is -2.53. The van der Waals surface area contributed by atoms with Gasteiger partial charge in [0.1, 0.15) is 29.2 Å². The number of benzene rings is 2. The number of hydrogen-bond acceptors (Lipinski definition) is 6. The van der Waals surface area contributed by atoms with Gasteiger partial charge in [0, 0.05) is 19.5 Å². The summed E-state index contributed by atoms with van der Waals surface area (Å²) in [6.45, 7) is 9.63. The van der Waals surface area contributed by atoms with Gasteiger partial charge in [-0.25, -0.2) is 4.79 Å². The molecule has 0 aromatic heterocycles. The highest BCUT2D eigenvalue weighted by Crippen LogP contribution is 2.26. The summed E-state index contributed by atoms with van der Waals surface area (Å²) in [4.78, 5) is 41.5. The van der Waals surface area contributed by atoms with Crippen molar-refractivity contribution >= 4 is 17.9 Å². The first kappa shape index (κ1) is 30.5. The van der Waals surface area contributed by atoms with E-state index in [0.717, 1.165) is 19.3 Å². The number of likely N-dealkylation sites (N-methyl/N-ethyl adjacent to an activating group) is 1. The van der Waals surface area contributed by atoms with Crippen molar-refractivity contribution in [1.29, 1.82) is 0 Å². The van der Waals surface area contributed by atoms with Gasteiger partial charge in [0.25, 0.3) is 0 Å². The predicted molar refractivity (Wildman–Crippen MR) is 146 cm³/mol. The third-order valence-electron chi connectivity index (χ3n) is 5.81. The molecule has 0 saturated carbocycles. The molecule has 208 valence electrons. The van der Waals surface area contributed by atoms with Crippen LogP contribution in [-0.2, 0) is 20.7 Å². The zero-order chi connectivity index (χ0) is 28.3. The van der Waals surface area contributed by atoms with E-state index in [1.165, 1.54) is 29.2 Å². The number of carbonyl (C=O) groups excluding carboxylic acids is 3. The second-order valence-electron chi connectivity index (χ2n) is 10.2. The fourth-order valence-corrected chi connectivity index (χ4v) is 4.03.